The molecule has 10 heteroatoms. The predicted octanol–water partition coefficient (Wildman–Crippen LogP) is 1.61. The Kier molecular flexibility index (Phi) is 4.82. The number of amides is 1. The molecule has 1 aliphatic rings. The molecule has 1 saturated carbocycles. The molecule has 9 nitrogen and oxygen atoms in total. The Morgan fingerprint density at radius 1 is 1.36 bits per heavy atom. The number of anilines is 1. The van der Waals surface area contributed by atoms with Crippen LogP contribution in [0.1, 0.15) is 12.8 Å². The number of carbonyl (C=O) groups is 1. The van der Waals surface area contributed by atoms with Crippen LogP contribution >= 0.6 is 11.6 Å². The van der Waals surface area contributed by atoms with E-state index < -0.39 is 0 Å². The standard InChI is InChI=1S/C18H18ClN7O2/c1-20-17(28)10-4-12(5-10)24-18-22-8-14(19)16(25-18)11-7-23-26(9-11)13-2-3-21-15(27)6-13/h2-3,6-10,12H,4-5H2,1H3,(H,20,28)(H,21,27)(H,22,24,25)/t10-,12-. The average molecular weight is 400 g/mol. The molecular weight excluding hydrogens is 382 g/mol. The van der Waals surface area contributed by atoms with E-state index in [-0.39, 0.29) is 23.4 Å². The summed E-state index contributed by atoms with van der Waals surface area (Å²) in [6.07, 6.45) is 7.94. The van der Waals surface area contributed by atoms with Crippen LogP contribution in [0.2, 0.25) is 5.02 Å². The fraction of sp³-hybridized carbons (Fsp3) is 0.278. The molecule has 1 fully saturated rings. The average Bonchev–Trinajstić information content (AvgIpc) is 3.15. The van der Waals surface area contributed by atoms with Gasteiger partial charge in [0.15, 0.2) is 0 Å². The van der Waals surface area contributed by atoms with Crippen molar-refractivity contribution < 1.29 is 4.79 Å². The summed E-state index contributed by atoms with van der Waals surface area (Å²) >= 11 is 6.28. The monoisotopic (exact) mass is 399 g/mol. The van der Waals surface area contributed by atoms with Gasteiger partial charge in [-0.3, -0.25) is 9.59 Å². The number of carbonyl (C=O) groups excluding carboxylic acids is 1. The number of pyridine rings is 1. The van der Waals surface area contributed by atoms with Crippen LogP contribution in [0.4, 0.5) is 5.95 Å². The lowest BCUT2D eigenvalue weighted by molar-refractivity contribution is -0.127. The van der Waals surface area contributed by atoms with Crippen LogP contribution in [-0.2, 0) is 4.79 Å². The second-order valence-electron chi connectivity index (χ2n) is 6.60. The first-order valence-electron chi connectivity index (χ1n) is 8.78. The summed E-state index contributed by atoms with van der Waals surface area (Å²) < 4.78 is 1.58. The minimum atomic E-state index is -0.211. The van der Waals surface area contributed by atoms with E-state index in [9.17, 15) is 9.59 Å². The lowest BCUT2D eigenvalue weighted by Gasteiger charge is -2.34. The van der Waals surface area contributed by atoms with Gasteiger partial charge < -0.3 is 15.6 Å². The summed E-state index contributed by atoms with van der Waals surface area (Å²) in [5.41, 5.74) is 1.66. The van der Waals surface area contributed by atoms with Gasteiger partial charge in [-0.2, -0.15) is 5.10 Å². The highest BCUT2D eigenvalue weighted by Gasteiger charge is 2.34. The number of nitrogens with zero attached hydrogens (tertiary/aromatic N) is 4. The molecule has 0 aromatic carbocycles. The van der Waals surface area contributed by atoms with E-state index in [4.69, 9.17) is 11.6 Å². The Morgan fingerprint density at radius 2 is 2.18 bits per heavy atom. The zero-order valence-electron chi connectivity index (χ0n) is 15.0. The topological polar surface area (TPSA) is 118 Å². The molecule has 0 saturated heterocycles. The Labute approximate surface area is 165 Å². The highest BCUT2D eigenvalue weighted by molar-refractivity contribution is 6.32. The van der Waals surface area contributed by atoms with Gasteiger partial charge >= 0.3 is 0 Å². The van der Waals surface area contributed by atoms with Crippen molar-refractivity contribution in [3.63, 3.8) is 0 Å². The number of nitrogens with one attached hydrogen (secondary N) is 3. The molecule has 3 aromatic heterocycles. The Bertz CT molecular complexity index is 1070. The molecule has 0 unspecified atom stereocenters. The van der Waals surface area contributed by atoms with Crippen molar-refractivity contribution in [1.82, 2.24) is 30.0 Å². The lowest BCUT2D eigenvalue weighted by Crippen LogP contribution is -2.43. The van der Waals surface area contributed by atoms with E-state index in [1.807, 2.05) is 0 Å². The molecule has 0 spiro atoms. The number of rotatable bonds is 5. The maximum absolute atomic E-state index is 11.6. The summed E-state index contributed by atoms with van der Waals surface area (Å²) in [5, 5.41) is 10.6. The molecule has 0 bridgehead atoms. The first-order valence-corrected chi connectivity index (χ1v) is 9.16. The number of hydrogen-bond acceptors (Lipinski definition) is 6. The summed E-state index contributed by atoms with van der Waals surface area (Å²) in [4.78, 5) is 34.4. The van der Waals surface area contributed by atoms with E-state index in [1.165, 1.54) is 12.3 Å². The summed E-state index contributed by atoms with van der Waals surface area (Å²) in [6, 6.07) is 3.34. The summed E-state index contributed by atoms with van der Waals surface area (Å²) in [5.74, 6) is 0.535. The van der Waals surface area contributed by atoms with Gasteiger partial charge in [0.05, 0.1) is 28.8 Å². The quantitative estimate of drug-likeness (QED) is 0.600. The van der Waals surface area contributed by atoms with Crippen molar-refractivity contribution in [3.05, 3.63) is 52.3 Å². The molecule has 0 atom stereocenters. The van der Waals surface area contributed by atoms with Gasteiger partial charge in [-0.15, -0.1) is 0 Å². The van der Waals surface area contributed by atoms with Crippen molar-refractivity contribution in [2.24, 2.45) is 5.92 Å². The van der Waals surface area contributed by atoms with Gasteiger partial charge in [-0.25, -0.2) is 14.6 Å². The van der Waals surface area contributed by atoms with Gasteiger partial charge in [-0.1, -0.05) is 11.6 Å². The number of aromatic amines is 1. The van der Waals surface area contributed by atoms with Gasteiger partial charge in [0.1, 0.15) is 0 Å². The lowest BCUT2D eigenvalue weighted by atomic mass is 9.80. The maximum Gasteiger partial charge on any atom is 0.250 e. The van der Waals surface area contributed by atoms with Gasteiger partial charge in [0.25, 0.3) is 0 Å². The number of H-pyrrole nitrogens is 1. The third-order valence-corrected chi connectivity index (χ3v) is 4.99. The number of hydrogen-bond donors (Lipinski definition) is 3. The number of halogens is 1. The molecule has 3 N–H and O–H groups in total. The smallest absolute Gasteiger partial charge is 0.250 e. The zero-order valence-corrected chi connectivity index (χ0v) is 15.8. The van der Waals surface area contributed by atoms with Crippen molar-refractivity contribution in [1.29, 1.82) is 0 Å². The van der Waals surface area contributed by atoms with Crippen molar-refractivity contribution in [3.8, 4) is 16.9 Å². The van der Waals surface area contributed by atoms with E-state index in [0.29, 0.717) is 27.9 Å². The molecule has 144 valence electrons. The van der Waals surface area contributed by atoms with Crippen molar-refractivity contribution in [2.45, 2.75) is 18.9 Å². The third-order valence-electron chi connectivity index (χ3n) is 4.71. The molecule has 0 aliphatic heterocycles. The summed E-state index contributed by atoms with van der Waals surface area (Å²) in [7, 11) is 1.64. The Balaban J connectivity index is 1.52. The third kappa shape index (κ3) is 3.61. The molecular formula is C18H18ClN7O2. The van der Waals surface area contributed by atoms with E-state index in [2.05, 4.69) is 30.7 Å². The van der Waals surface area contributed by atoms with Crippen molar-refractivity contribution in [2.75, 3.05) is 12.4 Å². The number of aromatic nitrogens is 5. The first-order chi connectivity index (χ1) is 13.5. The molecule has 0 radical (unpaired) electrons. The predicted molar refractivity (Wildman–Crippen MR) is 104 cm³/mol. The minimum absolute atomic E-state index is 0.0292. The van der Waals surface area contributed by atoms with Gasteiger partial charge in [0, 0.05) is 43.0 Å². The van der Waals surface area contributed by atoms with Crippen LogP contribution in [-0.4, -0.2) is 43.7 Å². The molecule has 4 rings (SSSR count). The van der Waals surface area contributed by atoms with Crippen LogP contribution in [0.25, 0.3) is 16.9 Å². The SMILES string of the molecule is CNC(=O)[C@H]1C[C@H](Nc2ncc(Cl)c(-c3cnn(-c4cc[nH]c(=O)c4)c3)n2)C1. The molecule has 3 aromatic rings. The van der Waals surface area contributed by atoms with Crippen LogP contribution in [0, 0.1) is 5.92 Å². The highest BCUT2D eigenvalue weighted by Crippen LogP contribution is 2.31. The zero-order chi connectivity index (χ0) is 19.7. The molecule has 1 aliphatic carbocycles. The van der Waals surface area contributed by atoms with Gasteiger partial charge in [0.2, 0.25) is 17.4 Å². The largest absolute Gasteiger partial charge is 0.359 e. The van der Waals surface area contributed by atoms with E-state index >= 15 is 0 Å². The fourth-order valence-corrected chi connectivity index (χ4v) is 3.34. The fourth-order valence-electron chi connectivity index (χ4n) is 3.14. The summed E-state index contributed by atoms with van der Waals surface area (Å²) in [6.45, 7) is 0. The van der Waals surface area contributed by atoms with Crippen LogP contribution in [0.15, 0.2) is 41.7 Å². The molecule has 3 heterocycles. The Hall–Kier alpha value is -3.20. The van der Waals surface area contributed by atoms with Gasteiger partial charge in [-0.05, 0) is 18.9 Å². The molecule has 1 amide bonds. The first kappa shape index (κ1) is 18.2. The second kappa shape index (κ2) is 7.43. The Morgan fingerprint density at radius 3 is 2.93 bits per heavy atom. The normalized spacial score (nSPS) is 18.4. The van der Waals surface area contributed by atoms with Crippen LogP contribution in [0.3, 0.4) is 0 Å². The van der Waals surface area contributed by atoms with E-state index in [0.717, 1.165) is 12.8 Å². The van der Waals surface area contributed by atoms with E-state index in [1.54, 1.807) is 36.4 Å². The van der Waals surface area contributed by atoms with Crippen LogP contribution < -0.4 is 16.2 Å². The van der Waals surface area contributed by atoms with Crippen molar-refractivity contribution >= 4 is 23.5 Å². The minimum Gasteiger partial charge on any atom is -0.359 e. The second-order valence-corrected chi connectivity index (χ2v) is 7.01. The molecule has 28 heavy (non-hydrogen) atoms. The van der Waals surface area contributed by atoms with Crippen LogP contribution in [0.5, 0.6) is 0 Å². The maximum atomic E-state index is 11.6. The highest BCUT2D eigenvalue weighted by atomic mass is 35.5.